The summed E-state index contributed by atoms with van der Waals surface area (Å²) >= 11 is 0. The molecule has 2 aromatic rings. The molecular formula is C24H27N5O4. The molecule has 3 aliphatic rings. The first kappa shape index (κ1) is 21.1. The van der Waals surface area contributed by atoms with Crippen LogP contribution in [0, 0.1) is 5.92 Å². The summed E-state index contributed by atoms with van der Waals surface area (Å²) in [5, 5.41) is 3.52. The van der Waals surface area contributed by atoms with Gasteiger partial charge in [-0.25, -0.2) is 4.79 Å². The molecule has 9 nitrogen and oxygen atoms in total. The van der Waals surface area contributed by atoms with Crippen molar-refractivity contribution in [2.75, 3.05) is 31.4 Å². The van der Waals surface area contributed by atoms with E-state index in [9.17, 15) is 9.59 Å². The largest absolute Gasteiger partial charge is 0.491 e. The van der Waals surface area contributed by atoms with Crippen LogP contribution in [0.3, 0.4) is 0 Å². The van der Waals surface area contributed by atoms with Gasteiger partial charge in [-0.05, 0) is 31.2 Å². The number of pyridine rings is 1. The molecule has 172 valence electrons. The number of nitrogens with one attached hydrogen (secondary N) is 1. The highest BCUT2D eigenvalue weighted by Crippen LogP contribution is 2.42. The molecule has 0 bridgehead atoms. The van der Waals surface area contributed by atoms with Crippen LogP contribution in [0.25, 0.3) is 11.3 Å². The van der Waals surface area contributed by atoms with Crippen molar-refractivity contribution < 1.29 is 19.1 Å². The fourth-order valence-electron chi connectivity index (χ4n) is 4.30. The van der Waals surface area contributed by atoms with Crippen LogP contribution >= 0.6 is 0 Å². The number of anilines is 1. The zero-order chi connectivity index (χ0) is 22.9. The molecule has 0 saturated heterocycles. The standard InChI is InChI=1S/C24H27N5O4/c1-32-24(31)28-12-18-21(19(30)13-28)22(27-16-5-3-2-4-6-16)23(29(18)25)17-9-10-26-11-20(17)33-14-15-7-8-15/h2-5,9-11,15-16,27H,6-8,12-14,25H2,1H3. The second kappa shape index (κ2) is 8.65. The van der Waals surface area contributed by atoms with Crippen LogP contribution in [0.2, 0.25) is 0 Å². The Morgan fingerprint density at radius 3 is 2.88 bits per heavy atom. The number of amides is 1. The molecule has 1 atom stereocenters. The zero-order valence-corrected chi connectivity index (χ0v) is 18.5. The Kier molecular flexibility index (Phi) is 5.53. The normalized spacial score (nSPS) is 19.4. The summed E-state index contributed by atoms with van der Waals surface area (Å²) in [4.78, 5) is 31.0. The van der Waals surface area contributed by atoms with E-state index in [0.29, 0.717) is 40.9 Å². The van der Waals surface area contributed by atoms with Crippen LogP contribution in [-0.4, -0.2) is 52.7 Å². The average molecular weight is 450 g/mol. The van der Waals surface area contributed by atoms with Gasteiger partial charge < -0.3 is 20.6 Å². The number of methoxy groups -OCH3 is 1. The van der Waals surface area contributed by atoms with E-state index in [1.165, 1.54) is 29.5 Å². The number of nitrogen functional groups attached to an aromatic ring is 1. The lowest BCUT2D eigenvalue weighted by atomic mass is 10.0. The van der Waals surface area contributed by atoms with Crippen molar-refractivity contribution in [3.05, 3.63) is 54.0 Å². The number of nitrogens with two attached hydrogens (primary N) is 1. The van der Waals surface area contributed by atoms with Crippen molar-refractivity contribution in [2.45, 2.75) is 31.8 Å². The number of allylic oxidation sites excluding steroid dienone is 2. The van der Waals surface area contributed by atoms with Gasteiger partial charge in [0, 0.05) is 17.8 Å². The third-order valence-corrected chi connectivity index (χ3v) is 6.22. The molecule has 1 saturated carbocycles. The number of fused-ring (bicyclic) bond motifs is 1. The molecule has 9 heteroatoms. The van der Waals surface area contributed by atoms with E-state index in [0.717, 1.165) is 12.0 Å². The van der Waals surface area contributed by atoms with Gasteiger partial charge in [0.15, 0.2) is 5.78 Å². The van der Waals surface area contributed by atoms with Crippen molar-refractivity contribution in [1.29, 1.82) is 0 Å². The monoisotopic (exact) mass is 449 g/mol. The van der Waals surface area contributed by atoms with Crippen LogP contribution in [0.4, 0.5) is 10.5 Å². The van der Waals surface area contributed by atoms with Crippen LogP contribution in [-0.2, 0) is 11.3 Å². The predicted molar refractivity (Wildman–Crippen MR) is 123 cm³/mol. The lowest BCUT2D eigenvalue weighted by molar-refractivity contribution is 0.0837. The highest BCUT2D eigenvalue weighted by Gasteiger charge is 2.36. The number of rotatable bonds is 6. The molecule has 5 rings (SSSR count). The second-order valence-electron chi connectivity index (χ2n) is 8.59. The first-order valence-electron chi connectivity index (χ1n) is 11.1. The van der Waals surface area contributed by atoms with E-state index in [4.69, 9.17) is 15.3 Å². The quantitative estimate of drug-likeness (QED) is 0.652. The van der Waals surface area contributed by atoms with Gasteiger partial charge in [-0.3, -0.25) is 19.4 Å². The minimum atomic E-state index is -0.566. The summed E-state index contributed by atoms with van der Waals surface area (Å²) in [6, 6.07) is 1.85. The minimum absolute atomic E-state index is 0.00403. The lowest BCUT2D eigenvalue weighted by Gasteiger charge is -2.26. The number of Topliss-reactive ketones (excluding diaryl/α,β-unsaturated/α-hetero) is 1. The third kappa shape index (κ3) is 4.06. The van der Waals surface area contributed by atoms with Gasteiger partial charge in [0.25, 0.3) is 0 Å². The van der Waals surface area contributed by atoms with Gasteiger partial charge in [-0.15, -0.1) is 0 Å². The third-order valence-electron chi connectivity index (χ3n) is 6.22. The zero-order valence-electron chi connectivity index (χ0n) is 18.5. The van der Waals surface area contributed by atoms with E-state index in [1.807, 2.05) is 18.2 Å². The summed E-state index contributed by atoms with van der Waals surface area (Å²) < 4.78 is 12.4. The molecule has 2 aliphatic carbocycles. The summed E-state index contributed by atoms with van der Waals surface area (Å²) in [6.45, 7) is 0.722. The van der Waals surface area contributed by atoms with Crippen LogP contribution in [0.5, 0.6) is 5.75 Å². The molecule has 0 radical (unpaired) electrons. The fourth-order valence-corrected chi connectivity index (χ4v) is 4.30. The Morgan fingerprint density at radius 1 is 1.30 bits per heavy atom. The first-order chi connectivity index (χ1) is 16.1. The molecule has 3 N–H and O–H groups in total. The SMILES string of the molecule is COC(=O)N1CC(=O)c2c(NC3C=CC=CC3)c(-c3ccncc3OCC3CC3)n(N)c2C1. The Bertz CT molecular complexity index is 1150. The minimum Gasteiger partial charge on any atom is -0.491 e. The maximum atomic E-state index is 13.2. The second-order valence-corrected chi connectivity index (χ2v) is 8.59. The summed E-state index contributed by atoms with van der Waals surface area (Å²) in [5.74, 6) is 7.60. The number of aromatic nitrogens is 2. The summed E-state index contributed by atoms with van der Waals surface area (Å²) in [6.07, 6.45) is 14.0. The Balaban J connectivity index is 1.61. The highest BCUT2D eigenvalue weighted by molar-refractivity contribution is 6.09. The van der Waals surface area contributed by atoms with Gasteiger partial charge in [0.1, 0.15) is 5.75 Å². The molecule has 2 aromatic heterocycles. The number of carbonyl (C=O) groups excluding carboxylic acids is 2. The van der Waals surface area contributed by atoms with Crippen molar-refractivity contribution in [2.24, 2.45) is 5.92 Å². The smallest absolute Gasteiger partial charge is 0.410 e. The molecule has 0 aromatic carbocycles. The van der Waals surface area contributed by atoms with E-state index in [-0.39, 0.29) is 24.9 Å². The topological polar surface area (TPSA) is 112 Å². The van der Waals surface area contributed by atoms with Gasteiger partial charge in [-0.1, -0.05) is 24.3 Å². The molecule has 33 heavy (non-hydrogen) atoms. The number of hydrogen-bond acceptors (Lipinski definition) is 7. The van der Waals surface area contributed by atoms with Gasteiger partial charge in [-0.2, -0.15) is 0 Å². The Hall–Kier alpha value is -3.75. The van der Waals surface area contributed by atoms with Gasteiger partial charge in [0.2, 0.25) is 0 Å². The maximum absolute atomic E-state index is 13.2. The number of hydrogen-bond donors (Lipinski definition) is 2. The molecular weight excluding hydrogens is 422 g/mol. The van der Waals surface area contributed by atoms with Crippen molar-refractivity contribution in [1.82, 2.24) is 14.6 Å². The van der Waals surface area contributed by atoms with Gasteiger partial charge in [0.05, 0.1) is 55.6 Å². The van der Waals surface area contributed by atoms with Gasteiger partial charge >= 0.3 is 6.09 Å². The fraction of sp³-hybridized carbons (Fsp3) is 0.375. The summed E-state index contributed by atoms with van der Waals surface area (Å²) in [5.41, 5.74) is 3.08. The molecule has 3 heterocycles. The molecule has 1 fully saturated rings. The number of nitrogens with zero attached hydrogens (tertiary/aromatic N) is 3. The number of carbonyl (C=O) groups is 2. The van der Waals surface area contributed by atoms with Crippen molar-refractivity contribution >= 4 is 17.6 Å². The lowest BCUT2D eigenvalue weighted by Crippen LogP contribution is -2.40. The molecule has 1 aliphatic heterocycles. The highest BCUT2D eigenvalue weighted by atomic mass is 16.5. The van der Waals surface area contributed by atoms with E-state index >= 15 is 0 Å². The predicted octanol–water partition coefficient (Wildman–Crippen LogP) is 3.11. The molecule has 1 amide bonds. The number of ether oxygens (including phenoxy) is 2. The average Bonchev–Trinajstić information content (AvgIpc) is 3.63. The van der Waals surface area contributed by atoms with E-state index < -0.39 is 6.09 Å². The van der Waals surface area contributed by atoms with E-state index in [2.05, 4.69) is 22.5 Å². The maximum Gasteiger partial charge on any atom is 0.410 e. The molecule has 1 unspecified atom stereocenters. The number of ketones is 1. The van der Waals surface area contributed by atoms with Crippen LogP contribution < -0.4 is 15.9 Å². The summed E-state index contributed by atoms with van der Waals surface area (Å²) in [7, 11) is 1.30. The van der Waals surface area contributed by atoms with E-state index in [1.54, 1.807) is 12.4 Å². The van der Waals surface area contributed by atoms with Crippen LogP contribution in [0.1, 0.15) is 35.3 Å². The van der Waals surface area contributed by atoms with Crippen LogP contribution in [0.15, 0.2) is 42.8 Å². The van der Waals surface area contributed by atoms with Crippen molar-refractivity contribution in [3.8, 4) is 17.0 Å². The Labute approximate surface area is 191 Å². The molecule has 0 spiro atoms. The first-order valence-corrected chi connectivity index (χ1v) is 11.1. The van der Waals surface area contributed by atoms with Crippen molar-refractivity contribution in [3.63, 3.8) is 0 Å². The Morgan fingerprint density at radius 2 is 2.15 bits per heavy atom.